The van der Waals surface area contributed by atoms with Gasteiger partial charge in [-0.1, -0.05) is 15.9 Å². The van der Waals surface area contributed by atoms with Crippen molar-refractivity contribution in [2.45, 2.75) is 51.9 Å². The highest BCUT2D eigenvalue weighted by atomic mass is 79.9. The highest BCUT2D eigenvalue weighted by molar-refractivity contribution is 9.10. The minimum Gasteiger partial charge on any atom is -0.481 e. The third-order valence-electron chi connectivity index (χ3n) is 4.50. The van der Waals surface area contributed by atoms with Crippen LogP contribution < -0.4 is 0 Å². The average molecular weight is 353 g/mol. The summed E-state index contributed by atoms with van der Waals surface area (Å²) in [6.45, 7) is 7.69. The normalized spacial score (nSPS) is 16.2. The minimum absolute atomic E-state index is 0.0557. The maximum absolute atomic E-state index is 10.5. The molecule has 0 atom stereocenters. The smallest absolute Gasteiger partial charge is 0.303 e. The second-order valence-corrected chi connectivity index (χ2v) is 7.14. The Morgan fingerprint density at radius 2 is 2.00 bits per heavy atom. The van der Waals surface area contributed by atoms with Crippen molar-refractivity contribution in [3.05, 3.63) is 28.2 Å². The average Bonchev–Trinajstić information content (AvgIpc) is 2.59. The summed E-state index contributed by atoms with van der Waals surface area (Å²) in [5.41, 5.74) is 4.08. The van der Waals surface area contributed by atoms with E-state index < -0.39 is 5.97 Å². The molecule has 114 valence electrons. The van der Waals surface area contributed by atoms with Crippen molar-refractivity contribution >= 4 is 33.3 Å². The summed E-state index contributed by atoms with van der Waals surface area (Å²) in [6.07, 6.45) is 3.02. The number of halogens is 1. The van der Waals surface area contributed by atoms with Crippen LogP contribution >= 0.6 is 15.9 Å². The molecule has 1 N–H and O–H groups in total. The number of hydrogen-bond acceptors (Lipinski definition) is 1. The van der Waals surface area contributed by atoms with Crippen LogP contribution in [0, 0.1) is 0 Å². The van der Waals surface area contributed by atoms with Gasteiger partial charge in [0, 0.05) is 35.9 Å². The van der Waals surface area contributed by atoms with Crippen molar-refractivity contribution < 1.29 is 14.5 Å². The molecule has 1 aromatic carbocycles. The van der Waals surface area contributed by atoms with E-state index in [1.54, 1.807) is 0 Å². The van der Waals surface area contributed by atoms with Gasteiger partial charge in [0.1, 0.15) is 6.54 Å². The van der Waals surface area contributed by atoms with Crippen LogP contribution in [-0.2, 0) is 10.2 Å². The van der Waals surface area contributed by atoms with E-state index in [-0.39, 0.29) is 11.8 Å². The van der Waals surface area contributed by atoms with Gasteiger partial charge in [-0.3, -0.25) is 4.79 Å². The molecule has 4 heteroatoms. The van der Waals surface area contributed by atoms with Gasteiger partial charge in [-0.2, -0.15) is 4.58 Å². The first-order valence-corrected chi connectivity index (χ1v) is 8.26. The fraction of sp³-hybridized carbons (Fsp3) is 0.529. The van der Waals surface area contributed by atoms with Gasteiger partial charge in [0.15, 0.2) is 5.71 Å². The fourth-order valence-electron chi connectivity index (χ4n) is 2.97. The van der Waals surface area contributed by atoms with E-state index in [0.29, 0.717) is 0 Å². The zero-order valence-electron chi connectivity index (χ0n) is 12.9. The first kappa shape index (κ1) is 16.2. The van der Waals surface area contributed by atoms with Gasteiger partial charge in [-0.05, 0) is 38.8 Å². The lowest BCUT2D eigenvalue weighted by molar-refractivity contribution is -0.439. The second kappa shape index (κ2) is 6.30. The van der Waals surface area contributed by atoms with Crippen molar-refractivity contribution in [2.24, 2.45) is 0 Å². The number of carboxylic acid groups (broad SMARTS) is 1. The van der Waals surface area contributed by atoms with Crippen LogP contribution in [0.4, 0.5) is 5.69 Å². The highest BCUT2D eigenvalue weighted by Crippen LogP contribution is 2.40. The van der Waals surface area contributed by atoms with E-state index in [1.807, 2.05) is 0 Å². The number of rotatable bonds is 6. The number of hydrogen-bond donors (Lipinski definition) is 1. The predicted molar refractivity (Wildman–Crippen MR) is 88.7 cm³/mol. The van der Waals surface area contributed by atoms with Gasteiger partial charge in [0.25, 0.3) is 0 Å². The van der Waals surface area contributed by atoms with Crippen LogP contribution in [0.25, 0.3) is 0 Å². The molecule has 2 rings (SSSR count). The summed E-state index contributed by atoms with van der Waals surface area (Å²) < 4.78 is 3.51. The Balaban J connectivity index is 2.09. The molecule has 0 fully saturated rings. The largest absolute Gasteiger partial charge is 0.481 e. The lowest BCUT2D eigenvalue weighted by Gasteiger charge is -2.14. The number of nitrogens with zero attached hydrogens (tertiary/aromatic N) is 1. The summed E-state index contributed by atoms with van der Waals surface area (Å²) in [5.74, 6) is -0.699. The van der Waals surface area contributed by atoms with Crippen LogP contribution in [0.2, 0.25) is 0 Å². The Bertz CT molecular complexity index is 590. The molecule has 0 unspecified atom stereocenters. The molecule has 3 nitrogen and oxygen atoms in total. The van der Waals surface area contributed by atoms with Gasteiger partial charge in [0.2, 0.25) is 5.69 Å². The van der Waals surface area contributed by atoms with E-state index in [2.05, 4.69) is 59.5 Å². The van der Waals surface area contributed by atoms with Crippen molar-refractivity contribution in [3.63, 3.8) is 0 Å². The standard InChI is InChI=1S/C17H22BrNO2/c1-12-17(2,3)14-11-13(18)8-9-15(14)19(12)10-6-4-5-7-16(20)21/h8-9,11H,4-7,10H2,1-3H3/p+1. The van der Waals surface area contributed by atoms with Crippen molar-refractivity contribution in [3.8, 4) is 0 Å². The summed E-state index contributed by atoms with van der Waals surface area (Å²) in [7, 11) is 0. The molecule has 1 heterocycles. The van der Waals surface area contributed by atoms with Gasteiger partial charge in [-0.15, -0.1) is 0 Å². The molecule has 0 aliphatic carbocycles. The highest BCUT2D eigenvalue weighted by Gasteiger charge is 2.42. The molecular formula is C17H23BrNO2+. The summed E-state index contributed by atoms with van der Waals surface area (Å²) >= 11 is 3.56. The summed E-state index contributed by atoms with van der Waals surface area (Å²) in [6, 6.07) is 6.48. The molecule has 0 aromatic heterocycles. The van der Waals surface area contributed by atoms with Gasteiger partial charge >= 0.3 is 5.97 Å². The number of aliphatic carboxylic acids is 1. The Hall–Kier alpha value is -1.16. The molecule has 0 radical (unpaired) electrons. The van der Waals surface area contributed by atoms with E-state index in [0.717, 1.165) is 30.3 Å². The number of carbonyl (C=O) groups is 1. The lowest BCUT2D eigenvalue weighted by Crippen LogP contribution is -2.26. The monoisotopic (exact) mass is 352 g/mol. The molecule has 21 heavy (non-hydrogen) atoms. The summed E-state index contributed by atoms with van der Waals surface area (Å²) in [4.78, 5) is 10.5. The van der Waals surface area contributed by atoms with Gasteiger partial charge < -0.3 is 5.11 Å². The molecule has 1 aliphatic rings. The zero-order chi connectivity index (χ0) is 15.6. The van der Waals surface area contributed by atoms with E-state index in [4.69, 9.17) is 5.11 Å². The first-order valence-electron chi connectivity index (χ1n) is 7.47. The zero-order valence-corrected chi connectivity index (χ0v) is 14.5. The quantitative estimate of drug-likeness (QED) is 0.605. The first-order chi connectivity index (χ1) is 9.84. The maximum Gasteiger partial charge on any atom is 0.303 e. The van der Waals surface area contributed by atoms with E-state index in [9.17, 15) is 4.79 Å². The van der Waals surface area contributed by atoms with Crippen molar-refractivity contribution in [2.75, 3.05) is 6.54 Å². The predicted octanol–water partition coefficient (Wildman–Crippen LogP) is 4.49. The van der Waals surface area contributed by atoms with Crippen molar-refractivity contribution in [1.29, 1.82) is 0 Å². The number of benzene rings is 1. The van der Waals surface area contributed by atoms with E-state index in [1.165, 1.54) is 17.0 Å². The van der Waals surface area contributed by atoms with Crippen LogP contribution in [0.15, 0.2) is 22.7 Å². The number of unbranched alkanes of at least 4 members (excludes halogenated alkanes) is 2. The molecular weight excluding hydrogens is 330 g/mol. The van der Waals surface area contributed by atoms with Crippen molar-refractivity contribution in [1.82, 2.24) is 0 Å². The maximum atomic E-state index is 10.5. The number of fused-ring (bicyclic) bond motifs is 1. The summed E-state index contributed by atoms with van der Waals surface area (Å²) in [5, 5.41) is 8.67. The Morgan fingerprint density at radius 1 is 1.29 bits per heavy atom. The molecule has 1 aromatic rings. The SMILES string of the molecule is CC1=[N+](CCCCCC(=O)O)c2ccc(Br)cc2C1(C)C. The van der Waals surface area contributed by atoms with E-state index >= 15 is 0 Å². The Kier molecular flexibility index (Phi) is 4.87. The van der Waals surface area contributed by atoms with Crippen LogP contribution in [0.5, 0.6) is 0 Å². The van der Waals surface area contributed by atoms with Crippen LogP contribution in [0.3, 0.4) is 0 Å². The van der Waals surface area contributed by atoms with Gasteiger partial charge in [-0.25, -0.2) is 0 Å². The number of carboxylic acids is 1. The third-order valence-corrected chi connectivity index (χ3v) is 5.00. The molecule has 0 amide bonds. The molecule has 0 spiro atoms. The molecule has 0 saturated carbocycles. The molecule has 0 saturated heterocycles. The van der Waals surface area contributed by atoms with Crippen LogP contribution in [0.1, 0.15) is 52.0 Å². The minimum atomic E-state index is -0.699. The second-order valence-electron chi connectivity index (χ2n) is 6.23. The topological polar surface area (TPSA) is 40.3 Å². The van der Waals surface area contributed by atoms with Crippen LogP contribution in [-0.4, -0.2) is 27.9 Å². The molecule has 0 bridgehead atoms. The molecule has 1 aliphatic heterocycles. The van der Waals surface area contributed by atoms with Gasteiger partial charge in [0.05, 0.1) is 5.41 Å². The Morgan fingerprint density at radius 3 is 2.67 bits per heavy atom. The fourth-order valence-corrected chi connectivity index (χ4v) is 3.33. The lowest BCUT2D eigenvalue weighted by atomic mass is 9.82. The third kappa shape index (κ3) is 3.37. The Labute approximate surface area is 134 Å².